The number of aryl methyl sites for hydroxylation is 1. The lowest BCUT2D eigenvalue weighted by atomic mass is 10.1. The van der Waals surface area contributed by atoms with E-state index in [-0.39, 0.29) is 5.91 Å². The van der Waals surface area contributed by atoms with Crippen LogP contribution in [0.15, 0.2) is 49.0 Å². The largest absolute Gasteiger partial charge is 0.492 e. The van der Waals surface area contributed by atoms with Crippen molar-refractivity contribution in [1.29, 1.82) is 0 Å². The number of nitrogens with zero attached hydrogens (tertiary/aromatic N) is 1. The molecule has 0 aromatic heterocycles. The number of carbonyl (C=O) groups is 1. The van der Waals surface area contributed by atoms with Crippen LogP contribution in [0, 0.1) is 6.92 Å². The normalized spacial score (nSPS) is 11.6. The van der Waals surface area contributed by atoms with E-state index in [0.29, 0.717) is 12.2 Å². The van der Waals surface area contributed by atoms with E-state index in [9.17, 15) is 4.79 Å². The fourth-order valence-electron chi connectivity index (χ4n) is 2.39. The quantitative estimate of drug-likeness (QED) is 0.585. The van der Waals surface area contributed by atoms with Gasteiger partial charge in [0, 0.05) is 29.1 Å². The number of rotatable bonds is 5. The molecule has 0 spiro atoms. The van der Waals surface area contributed by atoms with Gasteiger partial charge in [-0.1, -0.05) is 39.5 Å². The summed E-state index contributed by atoms with van der Waals surface area (Å²) in [7, 11) is 2.08. The molecule has 0 unspecified atom stereocenters. The SMILES string of the molecule is C=C1C(=O)Nc2cc(C)ccc21.CC.CCN(C)CCOc1ccc(N)cc1. The highest BCUT2D eigenvalue weighted by Crippen LogP contribution is 2.30. The number of fused-ring (bicyclic) bond motifs is 1. The van der Waals surface area contributed by atoms with E-state index >= 15 is 0 Å². The number of nitrogens with two attached hydrogens (primary N) is 1. The summed E-state index contributed by atoms with van der Waals surface area (Å²) in [6.07, 6.45) is 0. The first-order valence-corrected chi connectivity index (χ1v) is 9.69. The van der Waals surface area contributed by atoms with Gasteiger partial charge in [0.2, 0.25) is 0 Å². The molecule has 0 atom stereocenters. The number of nitrogens with one attached hydrogen (secondary N) is 1. The van der Waals surface area contributed by atoms with Crippen molar-refractivity contribution in [1.82, 2.24) is 4.90 Å². The first-order valence-electron chi connectivity index (χ1n) is 9.69. The number of hydrogen-bond acceptors (Lipinski definition) is 4. The Balaban J connectivity index is 0.000000259. The molecule has 2 aromatic carbocycles. The molecule has 5 nitrogen and oxygen atoms in total. The molecule has 1 amide bonds. The van der Waals surface area contributed by atoms with Crippen LogP contribution in [0.1, 0.15) is 31.9 Å². The summed E-state index contributed by atoms with van der Waals surface area (Å²) in [5.74, 6) is 0.791. The molecule has 5 heteroatoms. The number of anilines is 2. The van der Waals surface area contributed by atoms with Crippen LogP contribution < -0.4 is 15.8 Å². The zero-order valence-corrected chi connectivity index (χ0v) is 17.7. The predicted octanol–water partition coefficient (Wildman–Crippen LogP) is 4.59. The van der Waals surface area contributed by atoms with Gasteiger partial charge in [-0.25, -0.2) is 0 Å². The average Bonchev–Trinajstić information content (AvgIpc) is 2.98. The number of carbonyl (C=O) groups excluding carboxylic acids is 1. The van der Waals surface area contributed by atoms with Crippen LogP contribution in [-0.4, -0.2) is 37.6 Å². The second-order valence-electron chi connectivity index (χ2n) is 6.30. The summed E-state index contributed by atoms with van der Waals surface area (Å²) in [5.41, 5.74) is 9.83. The maximum atomic E-state index is 11.1. The van der Waals surface area contributed by atoms with E-state index in [1.807, 2.05) is 63.2 Å². The van der Waals surface area contributed by atoms with E-state index < -0.39 is 0 Å². The predicted molar refractivity (Wildman–Crippen MR) is 120 cm³/mol. The van der Waals surface area contributed by atoms with Crippen LogP contribution in [0.3, 0.4) is 0 Å². The van der Waals surface area contributed by atoms with Gasteiger partial charge in [-0.15, -0.1) is 0 Å². The maximum Gasteiger partial charge on any atom is 0.255 e. The maximum absolute atomic E-state index is 11.1. The molecule has 0 saturated heterocycles. The minimum absolute atomic E-state index is 0.0874. The number of amides is 1. The Morgan fingerprint density at radius 1 is 1.14 bits per heavy atom. The van der Waals surface area contributed by atoms with Gasteiger partial charge in [0.05, 0.1) is 0 Å². The molecule has 0 aliphatic carbocycles. The van der Waals surface area contributed by atoms with Crippen molar-refractivity contribution >= 4 is 22.9 Å². The van der Waals surface area contributed by atoms with E-state index in [1.165, 1.54) is 0 Å². The zero-order chi connectivity index (χ0) is 21.1. The van der Waals surface area contributed by atoms with Crippen LogP contribution in [0.4, 0.5) is 11.4 Å². The summed E-state index contributed by atoms with van der Waals surface area (Å²) < 4.78 is 5.54. The van der Waals surface area contributed by atoms with Crippen molar-refractivity contribution in [2.75, 3.05) is 37.8 Å². The molecule has 3 N–H and O–H groups in total. The first kappa shape index (κ1) is 23.2. The summed E-state index contributed by atoms with van der Waals surface area (Å²) in [6.45, 7) is 14.5. The third-order valence-corrected chi connectivity index (χ3v) is 4.18. The third kappa shape index (κ3) is 7.08. The monoisotopic (exact) mass is 383 g/mol. The second kappa shape index (κ2) is 11.8. The topological polar surface area (TPSA) is 67.6 Å². The lowest BCUT2D eigenvalue weighted by Crippen LogP contribution is -2.23. The van der Waals surface area contributed by atoms with Gasteiger partial charge >= 0.3 is 0 Å². The minimum Gasteiger partial charge on any atom is -0.492 e. The molecule has 0 bridgehead atoms. The van der Waals surface area contributed by atoms with Gasteiger partial charge in [0.1, 0.15) is 12.4 Å². The van der Waals surface area contributed by atoms with Crippen molar-refractivity contribution in [2.24, 2.45) is 0 Å². The number of benzene rings is 2. The third-order valence-electron chi connectivity index (χ3n) is 4.18. The zero-order valence-electron chi connectivity index (χ0n) is 17.7. The van der Waals surface area contributed by atoms with Gasteiger partial charge in [-0.3, -0.25) is 4.79 Å². The number of ether oxygens (including phenoxy) is 1. The molecule has 0 saturated carbocycles. The Bertz CT molecular complexity index is 770. The van der Waals surface area contributed by atoms with Crippen molar-refractivity contribution < 1.29 is 9.53 Å². The molecule has 3 rings (SSSR count). The van der Waals surface area contributed by atoms with Crippen LogP contribution in [-0.2, 0) is 4.79 Å². The Hall–Kier alpha value is -2.79. The van der Waals surface area contributed by atoms with Crippen LogP contribution >= 0.6 is 0 Å². The lowest BCUT2D eigenvalue weighted by Gasteiger charge is -2.14. The summed E-state index contributed by atoms with van der Waals surface area (Å²) in [4.78, 5) is 13.3. The standard InChI is InChI=1S/C11H18N2O.C10H9NO.C2H6/c1-3-13(2)8-9-14-11-6-4-10(12)5-7-11;1-6-3-4-8-7(2)10(12)11-9(8)5-6;1-2/h4-7H,3,8-9,12H2,1-2H3;3-5H,2H2,1H3,(H,11,12);1-2H3. The van der Waals surface area contributed by atoms with Gasteiger partial charge in [0.15, 0.2) is 0 Å². The van der Waals surface area contributed by atoms with E-state index in [2.05, 4.69) is 30.8 Å². The highest BCUT2D eigenvalue weighted by molar-refractivity contribution is 6.30. The van der Waals surface area contributed by atoms with Crippen LogP contribution in [0.5, 0.6) is 5.75 Å². The molecule has 1 aliphatic rings. The highest BCUT2D eigenvalue weighted by atomic mass is 16.5. The molecule has 28 heavy (non-hydrogen) atoms. The summed E-state index contributed by atoms with van der Waals surface area (Å²) in [6, 6.07) is 13.3. The molecule has 0 radical (unpaired) electrons. The smallest absolute Gasteiger partial charge is 0.255 e. The Labute approximate surface area is 169 Å². The molecule has 2 aromatic rings. The molecule has 152 valence electrons. The summed E-state index contributed by atoms with van der Waals surface area (Å²) in [5, 5.41) is 2.75. The van der Waals surface area contributed by atoms with Gasteiger partial charge in [-0.05, 0) is 56.4 Å². The summed E-state index contributed by atoms with van der Waals surface area (Å²) >= 11 is 0. The van der Waals surface area contributed by atoms with Gasteiger partial charge in [0.25, 0.3) is 5.91 Å². The van der Waals surface area contributed by atoms with Crippen molar-refractivity contribution in [3.63, 3.8) is 0 Å². The number of nitrogen functional groups attached to an aromatic ring is 1. The Morgan fingerprint density at radius 3 is 2.39 bits per heavy atom. The minimum atomic E-state index is -0.0874. The van der Waals surface area contributed by atoms with Crippen molar-refractivity contribution in [3.05, 3.63) is 60.2 Å². The molecular weight excluding hydrogens is 350 g/mol. The Kier molecular flexibility index (Phi) is 9.82. The second-order valence-corrected chi connectivity index (χ2v) is 6.30. The molecular formula is C23H33N3O2. The van der Waals surface area contributed by atoms with Gasteiger partial charge in [-0.2, -0.15) is 0 Å². The number of likely N-dealkylation sites (N-methyl/N-ethyl adjacent to an activating group) is 1. The molecule has 0 fully saturated rings. The van der Waals surface area contributed by atoms with Gasteiger partial charge < -0.3 is 20.7 Å². The van der Waals surface area contributed by atoms with E-state index in [4.69, 9.17) is 10.5 Å². The van der Waals surface area contributed by atoms with Crippen molar-refractivity contribution in [3.8, 4) is 5.75 Å². The first-order chi connectivity index (χ1) is 13.4. The fraction of sp³-hybridized carbons (Fsp3) is 0.348. The van der Waals surface area contributed by atoms with E-state index in [1.54, 1.807) is 0 Å². The average molecular weight is 384 g/mol. The highest BCUT2D eigenvalue weighted by Gasteiger charge is 2.21. The Morgan fingerprint density at radius 2 is 1.79 bits per heavy atom. The van der Waals surface area contributed by atoms with Crippen LogP contribution in [0.2, 0.25) is 0 Å². The number of hydrogen-bond donors (Lipinski definition) is 2. The fourth-order valence-corrected chi connectivity index (χ4v) is 2.39. The van der Waals surface area contributed by atoms with E-state index in [0.717, 1.165) is 41.3 Å². The lowest BCUT2D eigenvalue weighted by molar-refractivity contribution is -0.110. The van der Waals surface area contributed by atoms with Crippen LogP contribution in [0.25, 0.3) is 5.57 Å². The van der Waals surface area contributed by atoms with Crippen molar-refractivity contribution in [2.45, 2.75) is 27.7 Å². The molecule has 1 heterocycles. The molecule has 1 aliphatic heterocycles.